The average Bonchev–Trinajstić information content (AvgIpc) is 2.29. The van der Waals surface area contributed by atoms with Gasteiger partial charge in [0.2, 0.25) is 0 Å². The third kappa shape index (κ3) is 5.02. The number of carbonyl (C=O) groups excluding carboxylic acids is 1. The van der Waals surface area contributed by atoms with Gasteiger partial charge in [-0.3, -0.25) is 0 Å². The van der Waals surface area contributed by atoms with E-state index in [1.54, 1.807) is 0 Å². The van der Waals surface area contributed by atoms with E-state index in [0.29, 0.717) is 6.61 Å². The van der Waals surface area contributed by atoms with E-state index in [1.807, 2.05) is 0 Å². The topological polar surface area (TPSA) is 55.8 Å². The second-order valence-corrected chi connectivity index (χ2v) is 3.67. The van der Waals surface area contributed by atoms with Gasteiger partial charge in [-0.15, -0.1) is 0 Å². The lowest BCUT2D eigenvalue weighted by molar-refractivity contribution is 0.0103. The lowest BCUT2D eigenvalue weighted by atomic mass is 9.81. The zero-order valence-electron chi connectivity index (χ0n) is 9.91. The van der Waals surface area contributed by atoms with Crippen LogP contribution in [0.25, 0.3) is 0 Å². The Labute approximate surface area is 91.6 Å². The summed E-state index contributed by atoms with van der Waals surface area (Å²) in [6, 6.07) is 0. The fourth-order valence-corrected chi connectivity index (χ4v) is 1.44. The first-order valence-electron chi connectivity index (χ1n) is 5.54. The third-order valence-corrected chi connectivity index (χ3v) is 3.06. The number of rotatable bonds is 7. The van der Waals surface area contributed by atoms with Crippen LogP contribution < -0.4 is 0 Å². The summed E-state index contributed by atoms with van der Waals surface area (Å²) in [6.45, 7) is 6.49. The van der Waals surface area contributed by atoms with Crippen molar-refractivity contribution < 1.29 is 19.4 Å². The second-order valence-electron chi connectivity index (χ2n) is 3.67. The quantitative estimate of drug-likeness (QED) is 0.666. The monoisotopic (exact) mass is 218 g/mol. The van der Waals surface area contributed by atoms with Crippen molar-refractivity contribution in [3.8, 4) is 0 Å². The Kier molecular flexibility index (Phi) is 7.13. The molecule has 0 heterocycles. The third-order valence-electron chi connectivity index (χ3n) is 3.06. The minimum atomic E-state index is -0.691. The van der Waals surface area contributed by atoms with E-state index in [2.05, 4.69) is 25.5 Å². The van der Waals surface area contributed by atoms with Crippen molar-refractivity contribution in [2.75, 3.05) is 19.8 Å². The molecule has 4 heteroatoms. The van der Waals surface area contributed by atoms with E-state index in [1.165, 1.54) is 0 Å². The van der Waals surface area contributed by atoms with Crippen LogP contribution in [0.4, 0.5) is 4.79 Å². The summed E-state index contributed by atoms with van der Waals surface area (Å²) in [5.74, 6) is 0. The van der Waals surface area contributed by atoms with Gasteiger partial charge >= 0.3 is 6.16 Å². The van der Waals surface area contributed by atoms with Gasteiger partial charge in [0.05, 0.1) is 6.61 Å². The van der Waals surface area contributed by atoms with Crippen molar-refractivity contribution in [3.63, 3.8) is 0 Å². The lowest BCUT2D eigenvalue weighted by Gasteiger charge is -2.29. The van der Waals surface area contributed by atoms with Gasteiger partial charge in [0.15, 0.2) is 0 Å². The van der Waals surface area contributed by atoms with Crippen LogP contribution in [0.5, 0.6) is 0 Å². The molecule has 0 bridgehead atoms. The number of carbonyl (C=O) groups is 1. The van der Waals surface area contributed by atoms with Crippen LogP contribution in [0.15, 0.2) is 0 Å². The molecule has 0 atom stereocenters. The number of hydrogen-bond donors (Lipinski definition) is 1. The van der Waals surface area contributed by atoms with Crippen LogP contribution >= 0.6 is 0 Å². The molecule has 90 valence electrons. The van der Waals surface area contributed by atoms with Crippen LogP contribution in [-0.4, -0.2) is 31.1 Å². The molecule has 0 aliphatic carbocycles. The minimum Gasteiger partial charge on any atom is -0.434 e. The molecule has 15 heavy (non-hydrogen) atoms. The summed E-state index contributed by atoms with van der Waals surface area (Å²) in [5.41, 5.74) is 0.0677. The van der Waals surface area contributed by atoms with Crippen LogP contribution in [0, 0.1) is 5.41 Å². The SMILES string of the molecule is CCC(CC)(CC)COC(=O)OCCO. The first-order valence-corrected chi connectivity index (χ1v) is 5.54. The normalized spacial score (nSPS) is 11.2. The predicted molar refractivity (Wildman–Crippen MR) is 57.7 cm³/mol. The molecule has 4 nitrogen and oxygen atoms in total. The number of aliphatic hydroxyl groups is 1. The molecule has 0 saturated heterocycles. The van der Waals surface area contributed by atoms with Gasteiger partial charge in [0.25, 0.3) is 0 Å². The maximum absolute atomic E-state index is 11.0. The van der Waals surface area contributed by atoms with Crippen molar-refractivity contribution in [1.82, 2.24) is 0 Å². The molecule has 0 saturated carbocycles. The summed E-state index contributed by atoms with van der Waals surface area (Å²) in [4.78, 5) is 11.0. The van der Waals surface area contributed by atoms with E-state index in [0.717, 1.165) is 19.3 Å². The molecule has 0 unspecified atom stereocenters. The van der Waals surface area contributed by atoms with E-state index in [9.17, 15) is 4.79 Å². The second kappa shape index (κ2) is 7.51. The van der Waals surface area contributed by atoms with Crippen molar-refractivity contribution in [1.29, 1.82) is 0 Å². The Morgan fingerprint density at radius 1 is 1.13 bits per heavy atom. The fourth-order valence-electron chi connectivity index (χ4n) is 1.44. The van der Waals surface area contributed by atoms with Crippen LogP contribution in [0.3, 0.4) is 0 Å². The highest BCUT2D eigenvalue weighted by molar-refractivity contribution is 5.59. The Morgan fingerprint density at radius 3 is 2.07 bits per heavy atom. The van der Waals surface area contributed by atoms with Crippen LogP contribution in [-0.2, 0) is 9.47 Å². The molecule has 0 aliphatic rings. The summed E-state index contributed by atoms with van der Waals surface area (Å²) in [5, 5.41) is 8.45. The molecule has 0 radical (unpaired) electrons. The zero-order valence-corrected chi connectivity index (χ0v) is 9.91. The highest BCUT2D eigenvalue weighted by Gasteiger charge is 2.26. The zero-order chi connectivity index (χ0) is 11.7. The maximum atomic E-state index is 11.0. The highest BCUT2D eigenvalue weighted by Crippen LogP contribution is 2.30. The van der Waals surface area contributed by atoms with Gasteiger partial charge in [0.1, 0.15) is 13.2 Å². The van der Waals surface area contributed by atoms with E-state index in [-0.39, 0.29) is 18.6 Å². The van der Waals surface area contributed by atoms with E-state index >= 15 is 0 Å². The average molecular weight is 218 g/mol. The van der Waals surface area contributed by atoms with Crippen molar-refractivity contribution >= 4 is 6.16 Å². The highest BCUT2D eigenvalue weighted by atomic mass is 16.7. The first kappa shape index (κ1) is 14.2. The van der Waals surface area contributed by atoms with Gasteiger partial charge in [0, 0.05) is 5.41 Å². The molecule has 0 aromatic rings. The smallest absolute Gasteiger partial charge is 0.434 e. The molecule has 0 fully saturated rings. The Balaban J connectivity index is 3.93. The van der Waals surface area contributed by atoms with Crippen LogP contribution in [0.1, 0.15) is 40.0 Å². The number of ether oxygens (including phenoxy) is 2. The molecule has 1 N–H and O–H groups in total. The van der Waals surface area contributed by atoms with E-state index in [4.69, 9.17) is 9.84 Å². The van der Waals surface area contributed by atoms with Crippen molar-refractivity contribution in [2.45, 2.75) is 40.0 Å². The molecule has 0 amide bonds. The standard InChI is InChI=1S/C11H22O4/c1-4-11(5-2,6-3)9-15-10(13)14-8-7-12/h12H,4-9H2,1-3H3. The summed E-state index contributed by atoms with van der Waals surface area (Å²) >= 11 is 0. The van der Waals surface area contributed by atoms with Gasteiger partial charge in [-0.05, 0) is 19.3 Å². The largest absolute Gasteiger partial charge is 0.508 e. The lowest BCUT2D eigenvalue weighted by Crippen LogP contribution is -2.27. The Morgan fingerprint density at radius 2 is 1.67 bits per heavy atom. The van der Waals surface area contributed by atoms with Gasteiger partial charge in [-0.25, -0.2) is 4.79 Å². The van der Waals surface area contributed by atoms with Gasteiger partial charge < -0.3 is 14.6 Å². The molecular weight excluding hydrogens is 196 g/mol. The molecule has 0 spiro atoms. The fraction of sp³-hybridized carbons (Fsp3) is 0.909. The number of aliphatic hydroxyl groups excluding tert-OH is 1. The minimum absolute atomic E-state index is 0.00376. The van der Waals surface area contributed by atoms with Crippen molar-refractivity contribution in [2.24, 2.45) is 5.41 Å². The van der Waals surface area contributed by atoms with Gasteiger partial charge in [-0.1, -0.05) is 20.8 Å². The van der Waals surface area contributed by atoms with E-state index < -0.39 is 6.16 Å². The molecule has 0 aliphatic heterocycles. The predicted octanol–water partition coefficient (Wildman–Crippen LogP) is 2.35. The molecule has 0 aromatic carbocycles. The summed E-state index contributed by atoms with van der Waals surface area (Å²) < 4.78 is 9.62. The van der Waals surface area contributed by atoms with Crippen molar-refractivity contribution in [3.05, 3.63) is 0 Å². The Hall–Kier alpha value is -0.770. The molecule has 0 aromatic heterocycles. The first-order chi connectivity index (χ1) is 7.14. The summed E-state index contributed by atoms with van der Waals surface area (Å²) in [6.07, 6.45) is 2.25. The molecule has 0 rings (SSSR count). The summed E-state index contributed by atoms with van der Waals surface area (Å²) in [7, 11) is 0. The van der Waals surface area contributed by atoms with Crippen LogP contribution in [0.2, 0.25) is 0 Å². The molecular formula is C11H22O4. The Bertz CT molecular complexity index is 167. The maximum Gasteiger partial charge on any atom is 0.508 e. The van der Waals surface area contributed by atoms with Gasteiger partial charge in [-0.2, -0.15) is 0 Å². The number of hydrogen-bond acceptors (Lipinski definition) is 4.